The van der Waals surface area contributed by atoms with Gasteiger partial charge >= 0.3 is 0 Å². The summed E-state index contributed by atoms with van der Waals surface area (Å²) in [5.74, 6) is 0.510. The summed E-state index contributed by atoms with van der Waals surface area (Å²) >= 11 is 0. The van der Waals surface area contributed by atoms with E-state index in [1.54, 1.807) is 12.4 Å². The largest absolute Gasteiger partial charge is 0.383 e. The van der Waals surface area contributed by atoms with Crippen molar-refractivity contribution in [2.75, 3.05) is 23.7 Å². The van der Waals surface area contributed by atoms with E-state index in [4.69, 9.17) is 5.73 Å². The zero-order valence-corrected chi connectivity index (χ0v) is 13.3. The Balaban J connectivity index is 1.89. The van der Waals surface area contributed by atoms with Crippen LogP contribution < -0.4 is 16.0 Å². The number of benzene rings is 1. The number of hydrogen-bond donors (Lipinski definition) is 2. The Hall–Kier alpha value is -2.82. The van der Waals surface area contributed by atoms with Crippen LogP contribution in [-0.4, -0.2) is 23.1 Å². The molecule has 2 heterocycles. The number of nitrogen functional groups attached to an aromatic ring is 1. The van der Waals surface area contributed by atoms with Gasteiger partial charge in [-0.2, -0.15) is 0 Å². The molecule has 1 aliphatic rings. The van der Waals surface area contributed by atoms with E-state index >= 15 is 0 Å². The van der Waals surface area contributed by atoms with Crippen molar-refractivity contribution in [3.63, 3.8) is 0 Å². The lowest BCUT2D eigenvalue weighted by Gasteiger charge is -2.20. The van der Waals surface area contributed by atoms with E-state index in [1.807, 2.05) is 6.20 Å². The number of nitrogens with zero attached hydrogens (tertiary/aromatic N) is 3. The topological polar surface area (TPSA) is 67.1 Å². The second-order valence-corrected chi connectivity index (χ2v) is 5.70. The van der Waals surface area contributed by atoms with Crippen molar-refractivity contribution >= 4 is 11.5 Å². The predicted octanol–water partition coefficient (Wildman–Crippen LogP) is 2.73. The van der Waals surface area contributed by atoms with Crippen LogP contribution in [0.25, 0.3) is 11.1 Å². The molecule has 0 saturated heterocycles. The highest BCUT2D eigenvalue weighted by molar-refractivity contribution is 5.77. The Kier molecular flexibility index (Phi) is 4.28. The summed E-state index contributed by atoms with van der Waals surface area (Å²) in [5.41, 5.74) is 11.8. The average molecular weight is 307 g/mol. The summed E-state index contributed by atoms with van der Waals surface area (Å²) < 4.78 is 0. The number of fused-ring (bicyclic) bond motifs is 1. The van der Waals surface area contributed by atoms with Crippen LogP contribution in [0.1, 0.15) is 12.5 Å². The molecule has 3 rings (SSSR count). The molecule has 1 aromatic heterocycles. The fourth-order valence-electron chi connectivity index (χ4n) is 2.89. The number of rotatable bonds is 5. The Bertz CT molecular complexity index is 751. The van der Waals surface area contributed by atoms with Crippen molar-refractivity contribution in [2.45, 2.75) is 13.3 Å². The van der Waals surface area contributed by atoms with Crippen LogP contribution in [-0.2, 0) is 6.42 Å². The number of nitrogens with two attached hydrogens (primary N) is 1. The summed E-state index contributed by atoms with van der Waals surface area (Å²) in [6.45, 7) is 7.69. The Morgan fingerprint density at radius 2 is 2.35 bits per heavy atom. The Labute approximate surface area is 136 Å². The minimum absolute atomic E-state index is 0.510. The molecular weight excluding hydrogens is 286 g/mol. The van der Waals surface area contributed by atoms with Crippen molar-refractivity contribution in [1.29, 1.82) is 0 Å². The molecular formula is C18H21N5. The van der Waals surface area contributed by atoms with Gasteiger partial charge in [0.05, 0.1) is 0 Å². The summed E-state index contributed by atoms with van der Waals surface area (Å²) in [6, 6.07) is 6.46. The molecule has 1 aromatic carbocycles. The van der Waals surface area contributed by atoms with Gasteiger partial charge in [0, 0.05) is 36.7 Å². The Morgan fingerprint density at radius 1 is 1.48 bits per heavy atom. The van der Waals surface area contributed by atoms with Gasteiger partial charge in [-0.3, -0.25) is 0 Å². The molecule has 2 aromatic rings. The van der Waals surface area contributed by atoms with Crippen LogP contribution in [0.15, 0.2) is 55.3 Å². The van der Waals surface area contributed by atoms with Crippen LogP contribution in [0.3, 0.4) is 0 Å². The molecule has 0 spiro atoms. The minimum atomic E-state index is 0.510. The maximum atomic E-state index is 5.98. The third kappa shape index (κ3) is 3.18. The molecule has 5 nitrogen and oxygen atoms in total. The third-order valence-corrected chi connectivity index (χ3v) is 4.02. The molecule has 0 radical (unpaired) electrons. The standard InChI is InChI=1S/C18H21N5/c1-3-20-9-13(2)11-23-7-6-14-4-5-15(8-17(14)23)16-10-21-12-22-18(16)19/h3-5,8-10,12,20H,1,6-7,11H2,2H3,(H2,19,21,22)/b13-9+. The second kappa shape index (κ2) is 6.52. The highest BCUT2D eigenvalue weighted by atomic mass is 15.1. The SMILES string of the molecule is C=CN/C=C(\C)CN1CCc2ccc(-c3cncnc3N)cc21. The predicted molar refractivity (Wildman–Crippen MR) is 94.9 cm³/mol. The molecule has 0 saturated carbocycles. The molecule has 0 fully saturated rings. The first-order chi connectivity index (χ1) is 11.2. The van der Waals surface area contributed by atoms with Gasteiger partial charge in [-0.05, 0) is 42.3 Å². The van der Waals surface area contributed by atoms with Gasteiger partial charge in [-0.1, -0.05) is 18.7 Å². The highest BCUT2D eigenvalue weighted by Gasteiger charge is 2.20. The van der Waals surface area contributed by atoms with Crippen molar-refractivity contribution in [3.05, 3.63) is 60.8 Å². The molecule has 0 atom stereocenters. The lowest BCUT2D eigenvalue weighted by atomic mass is 10.0. The van der Waals surface area contributed by atoms with Gasteiger partial charge in [0.15, 0.2) is 0 Å². The zero-order valence-electron chi connectivity index (χ0n) is 13.3. The van der Waals surface area contributed by atoms with E-state index < -0.39 is 0 Å². The van der Waals surface area contributed by atoms with E-state index in [2.05, 4.69) is 51.9 Å². The molecule has 0 aliphatic carbocycles. The third-order valence-electron chi connectivity index (χ3n) is 4.02. The van der Waals surface area contributed by atoms with Crippen LogP contribution >= 0.6 is 0 Å². The molecule has 1 aliphatic heterocycles. The zero-order chi connectivity index (χ0) is 16.2. The number of nitrogens with one attached hydrogen (secondary N) is 1. The summed E-state index contributed by atoms with van der Waals surface area (Å²) in [4.78, 5) is 10.5. The second-order valence-electron chi connectivity index (χ2n) is 5.70. The van der Waals surface area contributed by atoms with Crippen molar-refractivity contribution in [1.82, 2.24) is 15.3 Å². The number of aromatic nitrogens is 2. The first-order valence-electron chi connectivity index (χ1n) is 7.65. The van der Waals surface area contributed by atoms with Crippen molar-refractivity contribution in [2.24, 2.45) is 0 Å². The van der Waals surface area contributed by atoms with E-state index in [1.165, 1.54) is 23.2 Å². The van der Waals surface area contributed by atoms with Crippen LogP contribution in [0, 0.1) is 0 Å². The molecule has 3 N–H and O–H groups in total. The number of anilines is 2. The van der Waals surface area contributed by atoms with Crippen molar-refractivity contribution in [3.8, 4) is 11.1 Å². The van der Waals surface area contributed by atoms with Gasteiger partial charge in [-0.25, -0.2) is 9.97 Å². The lowest BCUT2D eigenvalue weighted by Crippen LogP contribution is -2.23. The van der Waals surface area contributed by atoms with Gasteiger partial charge in [0.2, 0.25) is 0 Å². The first-order valence-corrected chi connectivity index (χ1v) is 7.65. The molecule has 0 unspecified atom stereocenters. The van der Waals surface area contributed by atoms with E-state index in [-0.39, 0.29) is 0 Å². The molecule has 118 valence electrons. The van der Waals surface area contributed by atoms with Crippen LogP contribution in [0.2, 0.25) is 0 Å². The molecule has 0 bridgehead atoms. The fourth-order valence-corrected chi connectivity index (χ4v) is 2.89. The maximum Gasteiger partial charge on any atom is 0.134 e. The van der Waals surface area contributed by atoms with Crippen LogP contribution in [0.4, 0.5) is 11.5 Å². The minimum Gasteiger partial charge on any atom is -0.383 e. The average Bonchev–Trinajstić information content (AvgIpc) is 2.95. The van der Waals surface area contributed by atoms with Gasteiger partial charge in [0.25, 0.3) is 0 Å². The normalized spacial score (nSPS) is 13.8. The van der Waals surface area contributed by atoms with Crippen LogP contribution in [0.5, 0.6) is 0 Å². The van der Waals surface area contributed by atoms with E-state index in [9.17, 15) is 0 Å². The highest BCUT2D eigenvalue weighted by Crippen LogP contribution is 2.34. The molecule has 23 heavy (non-hydrogen) atoms. The summed E-state index contributed by atoms with van der Waals surface area (Å²) in [6.07, 6.45) is 7.97. The van der Waals surface area contributed by atoms with Gasteiger partial charge in [0.1, 0.15) is 12.1 Å². The molecule has 5 heteroatoms. The monoisotopic (exact) mass is 307 g/mol. The first kappa shape index (κ1) is 15.1. The lowest BCUT2D eigenvalue weighted by molar-refractivity contribution is 0.873. The number of hydrogen-bond acceptors (Lipinski definition) is 5. The fraction of sp³-hybridized carbons (Fsp3) is 0.222. The smallest absolute Gasteiger partial charge is 0.134 e. The quantitative estimate of drug-likeness (QED) is 0.889. The van der Waals surface area contributed by atoms with Crippen molar-refractivity contribution < 1.29 is 0 Å². The van der Waals surface area contributed by atoms with E-state index in [0.29, 0.717) is 5.82 Å². The maximum absolute atomic E-state index is 5.98. The van der Waals surface area contributed by atoms with Gasteiger partial charge < -0.3 is 16.0 Å². The summed E-state index contributed by atoms with van der Waals surface area (Å²) in [7, 11) is 0. The van der Waals surface area contributed by atoms with Gasteiger partial charge in [-0.15, -0.1) is 0 Å². The van der Waals surface area contributed by atoms with E-state index in [0.717, 1.165) is 30.6 Å². The Morgan fingerprint density at radius 3 is 3.13 bits per heavy atom. The molecule has 0 amide bonds. The summed E-state index contributed by atoms with van der Waals surface area (Å²) in [5, 5.41) is 3.03.